The smallest absolute Gasteiger partial charge is 0.0591 e. The van der Waals surface area contributed by atoms with Gasteiger partial charge in [-0.05, 0) is 38.0 Å². The lowest BCUT2D eigenvalue weighted by molar-refractivity contribution is 0.135. The highest BCUT2D eigenvalue weighted by Crippen LogP contribution is 2.27. The second-order valence-corrected chi connectivity index (χ2v) is 5.15. The highest BCUT2D eigenvalue weighted by molar-refractivity contribution is 4.76. The van der Waals surface area contributed by atoms with Crippen LogP contribution in [0.3, 0.4) is 0 Å². The molecular formula is C15H29NO. The summed E-state index contributed by atoms with van der Waals surface area (Å²) in [5, 5.41) is 3.61. The molecule has 0 aromatic carbocycles. The molecule has 100 valence electrons. The summed E-state index contributed by atoms with van der Waals surface area (Å²) in [6.07, 6.45) is 11.2. The SMILES string of the molecule is C=CCCOCCNC1CCC(CCC)CC1. The Hall–Kier alpha value is -0.340. The minimum absolute atomic E-state index is 0.742. The summed E-state index contributed by atoms with van der Waals surface area (Å²) in [6.45, 7) is 8.63. The summed E-state index contributed by atoms with van der Waals surface area (Å²) in [6, 6.07) is 0.742. The van der Waals surface area contributed by atoms with Gasteiger partial charge >= 0.3 is 0 Å². The molecule has 0 aromatic rings. The monoisotopic (exact) mass is 239 g/mol. The Morgan fingerprint density at radius 2 is 2.00 bits per heavy atom. The average Bonchev–Trinajstić information content (AvgIpc) is 2.36. The molecule has 1 fully saturated rings. The first-order chi connectivity index (χ1) is 8.36. The number of rotatable bonds is 9. The normalized spacial score (nSPS) is 24.8. The molecule has 0 spiro atoms. The molecule has 0 heterocycles. The van der Waals surface area contributed by atoms with Gasteiger partial charge in [0.1, 0.15) is 0 Å². The highest BCUT2D eigenvalue weighted by atomic mass is 16.5. The summed E-state index contributed by atoms with van der Waals surface area (Å²) in [7, 11) is 0. The van der Waals surface area contributed by atoms with E-state index >= 15 is 0 Å². The Morgan fingerprint density at radius 1 is 1.24 bits per heavy atom. The fraction of sp³-hybridized carbons (Fsp3) is 0.867. The fourth-order valence-corrected chi connectivity index (χ4v) is 2.67. The van der Waals surface area contributed by atoms with E-state index in [1.54, 1.807) is 0 Å². The van der Waals surface area contributed by atoms with Crippen molar-refractivity contribution in [2.24, 2.45) is 5.92 Å². The number of hydrogen-bond acceptors (Lipinski definition) is 2. The molecule has 1 N–H and O–H groups in total. The van der Waals surface area contributed by atoms with Crippen molar-refractivity contribution in [3.05, 3.63) is 12.7 Å². The van der Waals surface area contributed by atoms with Crippen molar-refractivity contribution in [3.8, 4) is 0 Å². The van der Waals surface area contributed by atoms with Gasteiger partial charge in [0.2, 0.25) is 0 Å². The maximum Gasteiger partial charge on any atom is 0.0591 e. The van der Waals surface area contributed by atoms with Crippen molar-refractivity contribution < 1.29 is 4.74 Å². The third-order valence-corrected chi connectivity index (χ3v) is 3.69. The van der Waals surface area contributed by atoms with Crippen LogP contribution in [-0.4, -0.2) is 25.8 Å². The van der Waals surface area contributed by atoms with Crippen molar-refractivity contribution in [2.75, 3.05) is 19.8 Å². The zero-order valence-electron chi connectivity index (χ0n) is 11.4. The van der Waals surface area contributed by atoms with Crippen molar-refractivity contribution >= 4 is 0 Å². The second kappa shape index (κ2) is 9.67. The average molecular weight is 239 g/mol. The Kier molecular flexibility index (Phi) is 8.37. The molecule has 0 unspecified atom stereocenters. The molecule has 1 aliphatic rings. The van der Waals surface area contributed by atoms with E-state index in [0.717, 1.165) is 38.1 Å². The fourth-order valence-electron chi connectivity index (χ4n) is 2.67. The summed E-state index contributed by atoms with van der Waals surface area (Å²) in [5.74, 6) is 1.00. The zero-order valence-corrected chi connectivity index (χ0v) is 11.4. The van der Waals surface area contributed by atoms with Crippen molar-refractivity contribution in [1.29, 1.82) is 0 Å². The molecule has 0 saturated heterocycles. The predicted octanol–water partition coefficient (Wildman–Crippen LogP) is 3.53. The van der Waals surface area contributed by atoms with Crippen LogP contribution in [0.1, 0.15) is 51.9 Å². The summed E-state index contributed by atoms with van der Waals surface area (Å²) in [4.78, 5) is 0. The standard InChI is InChI=1S/C15H29NO/c1-3-5-12-17-13-11-16-15-9-7-14(6-4-2)8-10-15/h3,14-16H,1,4-13H2,2H3. The predicted molar refractivity (Wildman–Crippen MR) is 74.3 cm³/mol. The molecule has 0 atom stereocenters. The largest absolute Gasteiger partial charge is 0.380 e. The molecule has 17 heavy (non-hydrogen) atoms. The number of hydrogen-bond donors (Lipinski definition) is 1. The van der Waals surface area contributed by atoms with Gasteiger partial charge in [-0.25, -0.2) is 0 Å². The van der Waals surface area contributed by atoms with E-state index < -0.39 is 0 Å². The van der Waals surface area contributed by atoms with Gasteiger partial charge in [-0.3, -0.25) is 0 Å². The van der Waals surface area contributed by atoms with Crippen LogP contribution in [0.25, 0.3) is 0 Å². The lowest BCUT2D eigenvalue weighted by Crippen LogP contribution is -2.35. The molecule has 0 aromatic heterocycles. The van der Waals surface area contributed by atoms with E-state index in [-0.39, 0.29) is 0 Å². The maximum atomic E-state index is 5.49. The Morgan fingerprint density at radius 3 is 2.65 bits per heavy atom. The first kappa shape index (κ1) is 14.7. The molecular weight excluding hydrogens is 210 g/mol. The first-order valence-electron chi connectivity index (χ1n) is 7.28. The van der Waals surface area contributed by atoms with Gasteiger partial charge < -0.3 is 10.1 Å². The van der Waals surface area contributed by atoms with Crippen LogP contribution < -0.4 is 5.32 Å². The van der Waals surface area contributed by atoms with Crippen molar-refractivity contribution in [1.82, 2.24) is 5.32 Å². The van der Waals surface area contributed by atoms with Gasteiger partial charge in [-0.1, -0.05) is 25.8 Å². The first-order valence-corrected chi connectivity index (χ1v) is 7.28. The van der Waals surface area contributed by atoms with E-state index in [1.807, 2.05) is 6.08 Å². The van der Waals surface area contributed by atoms with Crippen LogP contribution in [0.4, 0.5) is 0 Å². The van der Waals surface area contributed by atoms with Crippen LogP contribution in [0, 0.1) is 5.92 Å². The molecule has 0 bridgehead atoms. The van der Waals surface area contributed by atoms with Gasteiger partial charge in [0.15, 0.2) is 0 Å². The quantitative estimate of drug-likeness (QED) is 0.491. The summed E-state index contributed by atoms with van der Waals surface area (Å²) >= 11 is 0. The van der Waals surface area contributed by atoms with Gasteiger partial charge in [0.25, 0.3) is 0 Å². The van der Waals surface area contributed by atoms with Crippen LogP contribution in [-0.2, 0) is 4.74 Å². The molecule has 2 heteroatoms. The molecule has 0 aliphatic heterocycles. The molecule has 1 rings (SSSR count). The van der Waals surface area contributed by atoms with Gasteiger partial charge in [0.05, 0.1) is 13.2 Å². The van der Waals surface area contributed by atoms with Crippen LogP contribution in [0.15, 0.2) is 12.7 Å². The summed E-state index contributed by atoms with van der Waals surface area (Å²) < 4.78 is 5.49. The van der Waals surface area contributed by atoms with Crippen LogP contribution in [0.5, 0.6) is 0 Å². The van der Waals surface area contributed by atoms with Crippen molar-refractivity contribution in [2.45, 2.75) is 57.9 Å². The van der Waals surface area contributed by atoms with E-state index in [2.05, 4.69) is 18.8 Å². The van der Waals surface area contributed by atoms with Gasteiger partial charge in [0, 0.05) is 12.6 Å². The van der Waals surface area contributed by atoms with E-state index in [9.17, 15) is 0 Å². The molecule has 1 aliphatic carbocycles. The molecule has 0 amide bonds. The second-order valence-electron chi connectivity index (χ2n) is 5.15. The zero-order chi connectivity index (χ0) is 12.3. The van der Waals surface area contributed by atoms with E-state index in [0.29, 0.717) is 0 Å². The Balaban J connectivity index is 1.93. The minimum Gasteiger partial charge on any atom is -0.380 e. The minimum atomic E-state index is 0.742. The lowest BCUT2D eigenvalue weighted by atomic mass is 9.83. The third-order valence-electron chi connectivity index (χ3n) is 3.69. The highest BCUT2D eigenvalue weighted by Gasteiger charge is 2.19. The third kappa shape index (κ3) is 6.85. The van der Waals surface area contributed by atoms with Gasteiger partial charge in [-0.15, -0.1) is 6.58 Å². The number of ether oxygens (including phenoxy) is 1. The maximum absolute atomic E-state index is 5.49. The van der Waals surface area contributed by atoms with Crippen molar-refractivity contribution in [3.63, 3.8) is 0 Å². The topological polar surface area (TPSA) is 21.3 Å². The Labute approximate surface area is 107 Å². The lowest BCUT2D eigenvalue weighted by Gasteiger charge is -2.29. The molecule has 1 saturated carbocycles. The molecule has 2 nitrogen and oxygen atoms in total. The van der Waals surface area contributed by atoms with Crippen LogP contribution in [0.2, 0.25) is 0 Å². The van der Waals surface area contributed by atoms with Gasteiger partial charge in [-0.2, -0.15) is 0 Å². The van der Waals surface area contributed by atoms with Crippen LogP contribution >= 0.6 is 0 Å². The van der Waals surface area contributed by atoms with E-state index in [4.69, 9.17) is 4.74 Å². The Bertz CT molecular complexity index is 185. The molecule has 0 radical (unpaired) electrons. The number of nitrogens with one attached hydrogen (secondary N) is 1. The van der Waals surface area contributed by atoms with E-state index in [1.165, 1.54) is 38.5 Å². The summed E-state index contributed by atoms with van der Waals surface area (Å²) in [5.41, 5.74) is 0.